The Morgan fingerprint density at radius 1 is 0.565 bits per heavy atom. The van der Waals surface area contributed by atoms with Crippen molar-refractivity contribution in [1.82, 2.24) is 0 Å². The summed E-state index contributed by atoms with van der Waals surface area (Å²) in [7, 11) is 0. The van der Waals surface area contributed by atoms with Crippen LogP contribution in [-0.2, 0) is 14.4 Å². The molecule has 5 N–H and O–H groups in total. The van der Waals surface area contributed by atoms with Crippen molar-refractivity contribution in [3.8, 4) is 0 Å². The van der Waals surface area contributed by atoms with Crippen LogP contribution in [0, 0.1) is 39.9 Å². The van der Waals surface area contributed by atoms with Crippen LogP contribution in [0.4, 0.5) is 0 Å². The number of aliphatic hydroxyl groups excluding tert-OH is 3. The van der Waals surface area contributed by atoms with E-state index in [1.807, 2.05) is 0 Å². The number of aliphatic hydroxyl groups is 3. The van der Waals surface area contributed by atoms with Gasteiger partial charge in [-0.25, -0.2) is 0 Å². The fourth-order valence-electron chi connectivity index (χ4n) is 0.882. The van der Waals surface area contributed by atoms with Gasteiger partial charge in [0.25, 0.3) is 0 Å². The Kier molecular flexibility index (Phi) is 30.5. The Morgan fingerprint density at radius 2 is 0.696 bits per heavy atom. The zero-order valence-electron chi connectivity index (χ0n) is 14.2. The first-order chi connectivity index (χ1) is 9.38. The zero-order valence-corrected chi connectivity index (χ0v) is 16.4. The fraction of sp³-hybridized carbons (Fsp3) is 0.400. The Morgan fingerprint density at radius 3 is 0.696 bits per heavy atom. The largest absolute Gasteiger partial charge is 0.512 e. The Labute approximate surface area is 168 Å². The molecule has 0 amide bonds. The van der Waals surface area contributed by atoms with E-state index in [1.54, 1.807) is 0 Å². The van der Waals surface area contributed by atoms with E-state index >= 15 is 0 Å². The average molecular weight is 476 g/mol. The van der Waals surface area contributed by atoms with Crippen molar-refractivity contribution in [2.75, 3.05) is 0 Å². The molecule has 23 heavy (non-hydrogen) atoms. The summed E-state index contributed by atoms with van der Waals surface area (Å²) in [6.07, 6.45) is 3.50. The van der Waals surface area contributed by atoms with Crippen molar-refractivity contribution in [3.63, 3.8) is 0 Å². The molecule has 136 valence electrons. The van der Waals surface area contributed by atoms with Crippen LogP contribution in [0.5, 0.6) is 0 Å². The second kappa shape index (κ2) is 20.9. The molecule has 0 aliphatic carbocycles. The summed E-state index contributed by atoms with van der Waals surface area (Å²) in [6, 6.07) is 0. The normalized spacial score (nSPS) is 10.4. The van der Waals surface area contributed by atoms with Crippen molar-refractivity contribution in [2.24, 2.45) is 0 Å². The van der Waals surface area contributed by atoms with Gasteiger partial charge in [-0.05, 0) is 41.5 Å². The fourth-order valence-corrected chi connectivity index (χ4v) is 0.882. The van der Waals surface area contributed by atoms with Crippen molar-refractivity contribution in [2.45, 2.75) is 41.5 Å². The summed E-state index contributed by atoms with van der Waals surface area (Å²) in [5.74, 6) is -0.187. The van der Waals surface area contributed by atoms with Gasteiger partial charge in [0.2, 0.25) is 0 Å². The van der Waals surface area contributed by atoms with E-state index in [2.05, 4.69) is 0 Å². The van der Waals surface area contributed by atoms with Crippen LogP contribution in [0.2, 0.25) is 0 Å². The predicted molar refractivity (Wildman–Crippen MR) is 84.8 cm³/mol. The van der Waals surface area contributed by atoms with Gasteiger partial charge in [0.15, 0.2) is 17.3 Å². The van der Waals surface area contributed by atoms with Gasteiger partial charge in [-0.1, -0.05) is 0 Å². The van der Waals surface area contributed by atoms with E-state index in [4.69, 9.17) is 15.3 Å². The molecule has 0 atom stereocenters. The molecule has 0 saturated heterocycles. The molecule has 0 fully saturated rings. The summed E-state index contributed by atoms with van der Waals surface area (Å²) in [5, 5.41) is 25.1. The summed E-state index contributed by atoms with van der Waals surface area (Å²) < 4.78 is 0. The van der Waals surface area contributed by atoms with E-state index in [-0.39, 0.29) is 80.0 Å². The Hall–Kier alpha value is -1.09. The van der Waals surface area contributed by atoms with Gasteiger partial charge in [0.1, 0.15) is 0 Å². The number of rotatable bonds is 3. The van der Waals surface area contributed by atoms with E-state index in [1.165, 1.54) is 59.8 Å². The first-order valence-corrected chi connectivity index (χ1v) is 6.02. The van der Waals surface area contributed by atoms with Gasteiger partial charge in [-0.3, -0.25) is 14.4 Å². The van der Waals surface area contributed by atoms with Crippen LogP contribution < -0.4 is 0 Å². The van der Waals surface area contributed by atoms with Gasteiger partial charge >= 0.3 is 0 Å². The van der Waals surface area contributed by atoms with E-state index < -0.39 is 0 Å². The molecule has 0 spiro atoms. The Bertz CT molecular complexity index is 370. The monoisotopic (exact) mass is 476 g/mol. The quantitative estimate of drug-likeness (QED) is 0.422. The topological polar surface area (TPSA) is 143 Å². The van der Waals surface area contributed by atoms with Gasteiger partial charge < -0.3 is 20.8 Å². The van der Waals surface area contributed by atoms with Crippen LogP contribution in [0.15, 0.2) is 35.5 Å². The zero-order chi connectivity index (χ0) is 17.6. The predicted octanol–water partition coefficient (Wildman–Crippen LogP) is 2.29. The van der Waals surface area contributed by atoms with Crippen LogP contribution in [0.1, 0.15) is 41.5 Å². The van der Waals surface area contributed by atoms with Gasteiger partial charge in [0, 0.05) is 58.2 Å². The van der Waals surface area contributed by atoms with E-state index in [0.29, 0.717) is 0 Å². The molecule has 0 aromatic carbocycles. The minimum atomic E-state index is -0.125. The smallest absolute Gasteiger partial charge is 0.155 e. The van der Waals surface area contributed by atoms with Crippen LogP contribution in [0.25, 0.3) is 0 Å². The van der Waals surface area contributed by atoms with Crippen molar-refractivity contribution in [3.05, 3.63) is 35.5 Å². The maximum Gasteiger partial charge on any atom is 0.155 e. The molecule has 0 aliphatic heterocycles. The molecular weight excluding hydrogens is 449 g/mol. The molecule has 8 heteroatoms. The number of carbonyl (C=O) groups excluding carboxylic acids is 3. The second-order valence-corrected chi connectivity index (χ2v) is 4.19. The van der Waals surface area contributed by atoms with Crippen LogP contribution in [-0.4, -0.2) is 38.1 Å². The second-order valence-electron chi connectivity index (χ2n) is 4.19. The van der Waals surface area contributed by atoms with Crippen molar-refractivity contribution >= 4 is 17.3 Å². The Balaban J connectivity index is -0.0000000675. The molecule has 0 radical (unpaired) electrons. The van der Waals surface area contributed by atoms with Gasteiger partial charge in [0.05, 0.1) is 17.3 Å². The number of carbonyl (C=O) groups is 3. The van der Waals surface area contributed by atoms with Crippen molar-refractivity contribution in [1.29, 1.82) is 0 Å². The molecule has 0 heterocycles. The van der Waals surface area contributed by atoms with Crippen LogP contribution in [0.3, 0.4) is 0 Å². The number of hydrogen-bond acceptors (Lipinski definition) is 6. The molecule has 0 aromatic heterocycles. The van der Waals surface area contributed by atoms with Gasteiger partial charge in [-0.15, -0.1) is 0 Å². The third kappa shape index (κ3) is 62.8. The summed E-state index contributed by atoms with van der Waals surface area (Å²) in [4.78, 5) is 30.1. The maximum atomic E-state index is 10.0. The third-order valence-electron chi connectivity index (χ3n) is 1.24. The van der Waals surface area contributed by atoms with Crippen LogP contribution >= 0.6 is 0 Å². The number of ketones is 3. The first-order valence-electron chi connectivity index (χ1n) is 6.02. The molecule has 0 unspecified atom stereocenters. The SMILES string of the molecule is CC(=O)/C=C(/C)O.CC(=O)/C=C(/C)O.CC(=O)/C=C(/C)O.O.[Gd]. The third-order valence-corrected chi connectivity index (χ3v) is 1.24. The standard InChI is InChI=1S/3C5H8O2.Gd.H2O/c3*1-4(6)3-5(2)7;;/h3*3,6H,1-2H3;;1H2/b3*4-3-;;. The summed E-state index contributed by atoms with van der Waals surface area (Å²) in [5.41, 5.74) is 0. The minimum absolute atomic E-state index is 0. The number of allylic oxidation sites excluding steroid dienone is 6. The average Bonchev–Trinajstić information content (AvgIpc) is 2.10. The van der Waals surface area contributed by atoms with E-state index in [0.717, 1.165) is 0 Å². The summed E-state index contributed by atoms with van der Waals surface area (Å²) in [6.45, 7) is 8.54. The summed E-state index contributed by atoms with van der Waals surface area (Å²) >= 11 is 0. The first kappa shape index (κ1) is 33.5. The van der Waals surface area contributed by atoms with Gasteiger partial charge in [-0.2, -0.15) is 0 Å². The molecule has 0 bridgehead atoms. The molecule has 7 nitrogen and oxygen atoms in total. The maximum absolute atomic E-state index is 10.0. The molecule has 0 saturated carbocycles. The molecular formula is C15H26GdO7. The molecule has 0 aliphatic rings. The molecule has 0 aromatic rings. The van der Waals surface area contributed by atoms with Crippen molar-refractivity contribution < 1.29 is 75.1 Å². The molecule has 0 rings (SSSR count). The number of hydrogen-bond donors (Lipinski definition) is 3. The van der Waals surface area contributed by atoms with E-state index in [9.17, 15) is 14.4 Å². The minimum Gasteiger partial charge on any atom is -0.512 e.